The molecular weight excluding hydrogens is 353 g/mol. The predicted molar refractivity (Wildman–Crippen MR) is 96.0 cm³/mol. The van der Waals surface area contributed by atoms with Crippen molar-refractivity contribution in [2.45, 2.75) is 6.92 Å². The molecule has 0 saturated carbocycles. The van der Waals surface area contributed by atoms with Gasteiger partial charge >= 0.3 is 0 Å². The average Bonchev–Trinajstić information content (AvgIpc) is 3.03. The lowest BCUT2D eigenvalue weighted by Crippen LogP contribution is -2.16. The van der Waals surface area contributed by atoms with Gasteiger partial charge < -0.3 is 20.5 Å². The summed E-state index contributed by atoms with van der Waals surface area (Å²) in [5, 5.41) is 7.07. The van der Waals surface area contributed by atoms with Crippen molar-refractivity contribution in [1.82, 2.24) is 14.8 Å². The van der Waals surface area contributed by atoms with E-state index in [0.717, 1.165) is 4.68 Å². The van der Waals surface area contributed by atoms with Crippen LogP contribution in [0.25, 0.3) is 0 Å². The lowest BCUT2D eigenvalue weighted by molar-refractivity contribution is 0.0948. The Labute approximate surface area is 153 Å². The number of benzene rings is 2. The number of rotatable bonds is 3. The molecule has 0 unspecified atom stereocenters. The number of nitrogens with one attached hydrogen (secondary N) is 1. The highest BCUT2D eigenvalue weighted by molar-refractivity contribution is 5.97. The first-order valence-corrected chi connectivity index (χ1v) is 8.21. The fraction of sp³-hybridized carbons (Fsp3) is 0.167. The molecule has 27 heavy (non-hydrogen) atoms. The number of aryl methyl sites for hydroxylation is 1. The third-order valence-electron chi connectivity index (χ3n) is 4.03. The highest BCUT2D eigenvalue weighted by Crippen LogP contribution is 2.33. The quantitative estimate of drug-likeness (QED) is 0.731. The molecule has 0 bridgehead atoms. The smallest absolute Gasteiger partial charge is 0.281 e. The molecule has 9 heteroatoms. The first-order valence-electron chi connectivity index (χ1n) is 8.21. The molecule has 2 aromatic carbocycles. The minimum absolute atomic E-state index is 0.0815. The number of aromatic nitrogens is 3. The van der Waals surface area contributed by atoms with Crippen LogP contribution >= 0.6 is 0 Å². The second-order valence-corrected chi connectivity index (χ2v) is 5.96. The van der Waals surface area contributed by atoms with E-state index in [4.69, 9.17) is 15.2 Å². The van der Waals surface area contributed by atoms with Gasteiger partial charge in [0, 0.05) is 17.3 Å². The van der Waals surface area contributed by atoms with Crippen molar-refractivity contribution in [3.63, 3.8) is 0 Å². The Bertz CT molecular complexity index is 1030. The molecule has 0 saturated heterocycles. The average molecular weight is 369 g/mol. The monoisotopic (exact) mass is 369 g/mol. The number of nitrogens with zero attached hydrogens (tertiary/aromatic N) is 3. The van der Waals surface area contributed by atoms with Gasteiger partial charge in [0.15, 0.2) is 11.5 Å². The summed E-state index contributed by atoms with van der Waals surface area (Å²) >= 11 is 0. The van der Waals surface area contributed by atoms with Crippen molar-refractivity contribution in [3.05, 3.63) is 53.3 Å². The Hall–Kier alpha value is -3.62. The highest BCUT2D eigenvalue weighted by Gasteiger charge is 2.18. The summed E-state index contributed by atoms with van der Waals surface area (Å²) in [5.41, 5.74) is 7.09. The Morgan fingerprint density at radius 2 is 1.96 bits per heavy atom. The van der Waals surface area contributed by atoms with Crippen molar-refractivity contribution in [2.75, 3.05) is 24.3 Å². The van der Waals surface area contributed by atoms with Gasteiger partial charge in [-0.15, -0.1) is 5.10 Å². The molecular formula is C18H16FN5O3. The second-order valence-electron chi connectivity index (χ2n) is 5.96. The number of ether oxygens (including phenoxy) is 2. The van der Waals surface area contributed by atoms with E-state index < -0.39 is 5.91 Å². The molecule has 4 rings (SSSR count). The Morgan fingerprint density at radius 1 is 1.19 bits per heavy atom. The summed E-state index contributed by atoms with van der Waals surface area (Å²) < 4.78 is 25.4. The van der Waals surface area contributed by atoms with Crippen LogP contribution in [0, 0.1) is 12.7 Å². The van der Waals surface area contributed by atoms with Gasteiger partial charge in [0.2, 0.25) is 11.9 Å². The Morgan fingerprint density at radius 3 is 2.74 bits per heavy atom. The van der Waals surface area contributed by atoms with E-state index in [1.165, 1.54) is 18.2 Å². The summed E-state index contributed by atoms with van der Waals surface area (Å²) in [4.78, 5) is 16.6. The zero-order chi connectivity index (χ0) is 19.0. The van der Waals surface area contributed by atoms with E-state index in [0.29, 0.717) is 36.0 Å². The number of halogens is 1. The Balaban J connectivity index is 1.58. The first kappa shape index (κ1) is 16.8. The molecule has 138 valence electrons. The van der Waals surface area contributed by atoms with E-state index >= 15 is 0 Å². The van der Waals surface area contributed by atoms with Gasteiger partial charge in [0.05, 0.1) is 0 Å². The first-order chi connectivity index (χ1) is 13.0. The third-order valence-corrected chi connectivity index (χ3v) is 4.03. The minimum atomic E-state index is -0.502. The molecule has 0 amide bonds. The van der Waals surface area contributed by atoms with Crippen molar-refractivity contribution < 1.29 is 18.7 Å². The van der Waals surface area contributed by atoms with Crippen LogP contribution < -0.4 is 20.5 Å². The maximum Gasteiger partial charge on any atom is 0.281 e. The summed E-state index contributed by atoms with van der Waals surface area (Å²) in [6.45, 7) is 2.56. The van der Waals surface area contributed by atoms with Gasteiger partial charge in [0.1, 0.15) is 19.0 Å². The normalized spacial score (nSPS) is 12.7. The number of fused-ring (bicyclic) bond motifs is 1. The maximum absolute atomic E-state index is 13.4. The Kier molecular flexibility index (Phi) is 4.11. The molecule has 1 aliphatic rings. The lowest BCUT2D eigenvalue weighted by Gasteiger charge is -2.18. The number of carbonyl (C=O) groups is 1. The van der Waals surface area contributed by atoms with E-state index in [1.807, 2.05) is 0 Å². The topological polar surface area (TPSA) is 104 Å². The van der Waals surface area contributed by atoms with Gasteiger partial charge in [-0.25, -0.2) is 4.39 Å². The molecule has 3 aromatic rings. The van der Waals surface area contributed by atoms with E-state index in [2.05, 4.69) is 15.4 Å². The number of anilines is 3. The molecule has 0 aliphatic carbocycles. The van der Waals surface area contributed by atoms with Crippen LogP contribution in [0.5, 0.6) is 11.5 Å². The number of hydrogen-bond acceptors (Lipinski definition) is 7. The zero-order valence-electron chi connectivity index (χ0n) is 14.4. The van der Waals surface area contributed by atoms with Crippen molar-refractivity contribution in [3.8, 4) is 11.5 Å². The van der Waals surface area contributed by atoms with Gasteiger partial charge in [-0.1, -0.05) is 0 Å². The van der Waals surface area contributed by atoms with Crippen LogP contribution in [0.4, 0.5) is 22.0 Å². The van der Waals surface area contributed by atoms with Crippen LogP contribution in [-0.2, 0) is 0 Å². The summed E-state index contributed by atoms with van der Waals surface area (Å²) in [5.74, 6) is 0.443. The standard InChI is InChI=1S/C18H16FN5O3/c1-10-8-11(2-4-13(10)19)16(25)24-17(20)22-18(23-24)21-12-3-5-14-15(9-12)27-7-6-26-14/h2-5,8-9H,6-7H2,1H3,(H3,20,21,22,23). The fourth-order valence-electron chi connectivity index (χ4n) is 2.68. The van der Waals surface area contributed by atoms with E-state index in [1.54, 1.807) is 25.1 Å². The highest BCUT2D eigenvalue weighted by atomic mass is 19.1. The number of nitrogen functional groups attached to an aromatic ring is 1. The SMILES string of the molecule is Cc1cc(C(=O)n2nc(Nc3ccc4c(c3)OCCO4)nc2N)ccc1F. The van der Waals surface area contributed by atoms with Crippen molar-refractivity contribution >= 4 is 23.5 Å². The van der Waals surface area contributed by atoms with Gasteiger partial charge in [0.25, 0.3) is 5.91 Å². The molecule has 0 radical (unpaired) electrons. The zero-order valence-corrected chi connectivity index (χ0v) is 14.4. The molecule has 8 nitrogen and oxygen atoms in total. The molecule has 2 heterocycles. The van der Waals surface area contributed by atoms with Crippen LogP contribution in [0.15, 0.2) is 36.4 Å². The van der Waals surface area contributed by atoms with Gasteiger partial charge in [-0.05, 0) is 42.8 Å². The van der Waals surface area contributed by atoms with Crippen molar-refractivity contribution in [2.24, 2.45) is 0 Å². The fourth-order valence-corrected chi connectivity index (χ4v) is 2.68. The minimum Gasteiger partial charge on any atom is -0.486 e. The second kappa shape index (κ2) is 6.60. The molecule has 1 aliphatic heterocycles. The predicted octanol–water partition coefficient (Wildman–Crippen LogP) is 2.51. The third kappa shape index (κ3) is 3.26. The number of carbonyl (C=O) groups excluding carboxylic acids is 1. The molecule has 0 fully saturated rings. The number of hydrogen-bond donors (Lipinski definition) is 2. The summed E-state index contributed by atoms with van der Waals surface area (Å²) in [7, 11) is 0. The maximum atomic E-state index is 13.4. The van der Waals surface area contributed by atoms with Crippen LogP contribution in [0.3, 0.4) is 0 Å². The van der Waals surface area contributed by atoms with E-state index in [9.17, 15) is 9.18 Å². The van der Waals surface area contributed by atoms with Crippen LogP contribution in [0.1, 0.15) is 15.9 Å². The molecule has 1 aromatic heterocycles. The van der Waals surface area contributed by atoms with Crippen molar-refractivity contribution in [1.29, 1.82) is 0 Å². The van der Waals surface area contributed by atoms with Gasteiger partial charge in [-0.3, -0.25) is 4.79 Å². The van der Waals surface area contributed by atoms with Crippen LogP contribution in [-0.4, -0.2) is 33.9 Å². The van der Waals surface area contributed by atoms with Gasteiger partial charge in [-0.2, -0.15) is 9.67 Å². The summed E-state index contributed by atoms with van der Waals surface area (Å²) in [6, 6.07) is 9.33. The molecule has 3 N–H and O–H groups in total. The van der Waals surface area contributed by atoms with Crippen LogP contribution in [0.2, 0.25) is 0 Å². The van der Waals surface area contributed by atoms with E-state index in [-0.39, 0.29) is 23.3 Å². The summed E-state index contributed by atoms with van der Waals surface area (Å²) in [6.07, 6.45) is 0. The number of nitrogens with two attached hydrogens (primary N) is 1. The molecule has 0 atom stereocenters. The largest absolute Gasteiger partial charge is 0.486 e. The molecule has 0 spiro atoms. The lowest BCUT2D eigenvalue weighted by atomic mass is 10.1.